The van der Waals surface area contributed by atoms with Crippen LogP contribution < -0.4 is 5.56 Å². The summed E-state index contributed by atoms with van der Waals surface area (Å²) in [6, 6.07) is 14.8. The molecule has 0 saturated carbocycles. The maximum Gasteiger partial charge on any atom is 0.347 e. The van der Waals surface area contributed by atoms with Gasteiger partial charge in [-0.3, -0.25) is 4.79 Å². The van der Waals surface area contributed by atoms with Crippen LogP contribution in [0.2, 0.25) is 0 Å². The molecule has 0 spiro atoms. The number of methoxy groups -OCH3 is 1. The van der Waals surface area contributed by atoms with Gasteiger partial charge in [0.25, 0.3) is 5.56 Å². The Morgan fingerprint density at radius 1 is 1.17 bits per heavy atom. The van der Waals surface area contributed by atoms with Gasteiger partial charge < -0.3 is 19.2 Å². The number of H-pyrrole nitrogens is 1. The van der Waals surface area contributed by atoms with E-state index in [-0.39, 0.29) is 5.75 Å². The number of benzene rings is 2. The summed E-state index contributed by atoms with van der Waals surface area (Å²) in [5.41, 5.74) is 2.44. The summed E-state index contributed by atoms with van der Waals surface area (Å²) in [4.78, 5) is 31.4. The van der Waals surface area contributed by atoms with Gasteiger partial charge in [-0.2, -0.15) is 0 Å². The molecule has 2 aromatic heterocycles. The van der Waals surface area contributed by atoms with E-state index in [4.69, 9.17) is 4.42 Å². The molecular weight excluding hydrogens is 372 g/mol. The monoisotopic (exact) mass is 390 g/mol. The number of aromatic hydroxyl groups is 1. The highest BCUT2D eigenvalue weighted by atomic mass is 16.5. The molecule has 0 fully saturated rings. The maximum absolute atomic E-state index is 12.4. The zero-order valence-electron chi connectivity index (χ0n) is 15.9. The second kappa shape index (κ2) is 7.27. The molecule has 0 aliphatic heterocycles. The Bertz CT molecular complexity index is 1270. The molecule has 0 aliphatic carbocycles. The fourth-order valence-corrected chi connectivity index (χ4v) is 3.29. The van der Waals surface area contributed by atoms with Crippen LogP contribution in [0.4, 0.5) is 0 Å². The van der Waals surface area contributed by atoms with Gasteiger partial charge in [0.1, 0.15) is 11.3 Å². The highest BCUT2D eigenvalue weighted by molar-refractivity contribution is 5.93. The van der Waals surface area contributed by atoms with Crippen LogP contribution in [0, 0.1) is 0 Å². The zero-order chi connectivity index (χ0) is 20.5. The number of pyridine rings is 1. The first-order chi connectivity index (χ1) is 14.0. The van der Waals surface area contributed by atoms with Crippen LogP contribution in [0.3, 0.4) is 0 Å². The van der Waals surface area contributed by atoms with Crippen LogP contribution >= 0.6 is 0 Å². The van der Waals surface area contributed by atoms with Gasteiger partial charge in [-0.1, -0.05) is 31.2 Å². The van der Waals surface area contributed by atoms with Gasteiger partial charge in [-0.15, -0.1) is 0 Å². The Morgan fingerprint density at radius 2 is 1.93 bits per heavy atom. The van der Waals surface area contributed by atoms with Crippen molar-refractivity contribution >= 4 is 17.1 Å². The minimum atomic E-state index is -0.886. The van der Waals surface area contributed by atoms with Crippen molar-refractivity contribution in [2.24, 2.45) is 0 Å². The number of hydrogen-bond donors (Lipinski definition) is 2. The van der Waals surface area contributed by atoms with Crippen molar-refractivity contribution in [3.05, 3.63) is 70.0 Å². The average Bonchev–Trinajstić information content (AvgIpc) is 3.17. The van der Waals surface area contributed by atoms with Crippen LogP contribution in [0.25, 0.3) is 33.8 Å². The number of hydrogen-bond acceptors (Lipinski definition) is 6. The maximum atomic E-state index is 12.4. The molecule has 4 rings (SSSR count). The van der Waals surface area contributed by atoms with Gasteiger partial charge in [0, 0.05) is 16.7 Å². The van der Waals surface area contributed by atoms with Gasteiger partial charge in [-0.25, -0.2) is 9.78 Å². The highest BCUT2D eigenvalue weighted by Gasteiger charge is 2.23. The van der Waals surface area contributed by atoms with E-state index in [1.165, 1.54) is 0 Å². The summed E-state index contributed by atoms with van der Waals surface area (Å²) < 4.78 is 10.5. The normalized spacial score (nSPS) is 11.0. The van der Waals surface area contributed by atoms with Gasteiger partial charge in [-0.05, 0) is 30.7 Å². The predicted octanol–water partition coefficient (Wildman–Crippen LogP) is 3.90. The molecule has 4 aromatic rings. The molecule has 29 heavy (non-hydrogen) atoms. The predicted molar refractivity (Wildman–Crippen MR) is 108 cm³/mol. The molecule has 0 amide bonds. The van der Waals surface area contributed by atoms with E-state index in [9.17, 15) is 14.7 Å². The first-order valence-electron chi connectivity index (χ1n) is 9.06. The lowest BCUT2D eigenvalue weighted by atomic mass is 10.0. The Kier molecular flexibility index (Phi) is 4.64. The quantitative estimate of drug-likeness (QED) is 0.512. The number of carbonyl (C=O) groups excluding carboxylic acids is 1. The third-order valence-corrected chi connectivity index (χ3v) is 4.73. The fourth-order valence-electron chi connectivity index (χ4n) is 3.29. The summed E-state index contributed by atoms with van der Waals surface area (Å²) >= 11 is 0. The number of carbonyl (C=O) groups is 1. The first kappa shape index (κ1) is 18.5. The van der Waals surface area contributed by atoms with Gasteiger partial charge in [0.15, 0.2) is 11.1 Å². The third-order valence-electron chi connectivity index (χ3n) is 4.73. The number of rotatable bonds is 4. The molecule has 0 atom stereocenters. The molecule has 2 N–H and O–H groups in total. The van der Waals surface area contributed by atoms with Crippen molar-refractivity contribution in [2.75, 3.05) is 7.11 Å². The lowest BCUT2D eigenvalue weighted by molar-refractivity contribution is 0.0595. The summed E-state index contributed by atoms with van der Waals surface area (Å²) in [6.07, 6.45) is 0.394. The minimum absolute atomic E-state index is 0.374. The number of nitrogens with one attached hydrogen (secondary N) is 1. The molecule has 0 saturated heterocycles. The summed E-state index contributed by atoms with van der Waals surface area (Å²) in [6.45, 7) is 1.82. The second-order valence-corrected chi connectivity index (χ2v) is 6.44. The van der Waals surface area contributed by atoms with Crippen LogP contribution in [0.1, 0.15) is 22.8 Å². The second-order valence-electron chi connectivity index (χ2n) is 6.44. The lowest BCUT2D eigenvalue weighted by Gasteiger charge is -2.12. The Labute approximate surface area is 165 Å². The number of aromatic nitrogens is 2. The molecule has 2 aromatic carbocycles. The molecule has 0 aliphatic rings. The van der Waals surface area contributed by atoms with E-state index in [2.05, 4.69) is 14.7 Å². The van der Waals surface area contributed by atoms with E-state index in [0.717, 1.165) is 12.7 Å². The summed E-state index contributed by atoms with van der Waals surface area (Å²) in [5, 5.41) is 10.5. The van der Waals surface area contributed by atoms with Gasteiger partial charge in [0.2, 0.25) is 5.89 Å². The highest BCUT2D eigenvalue weighted by Crippen LogP contribution is 2.33. The first-order valence-corrected chi connectivity index (χ1v) is 9.06. The molecule has 7 heteroatoms. The molecule has 2 heterocycles. The number of nitrogens with zero attached hydrogens (tertiary/aromatic N) is 1. The number of ether oxygens (including phenoxy) is 1. The van der Waals surface area contributed by atoms with Crippen LogP contribution in [-0.2, 0) is 11.2 Å². The summed E-state index contributed by atoms with van der Waals surface area (Å²) in [5.74, 6) is -0.769. The van der Waals surface area contributed by atoms with E-state index >= 15 is 0 Å². The number of aromatic amines is 1. The van der Waals surface area contributed by atoms with Crippen LogP contribution in [-0.4, -0.2) is 28.2 Å². The van der Waals surface area contributed by atoms with E-state index in [0.29, 0.717) is 40.2 Å². The van der Waals surface area contributed by atoms with Crippen LogP contribution in [0.15, 0.2) is 57.7 Å². The number of oxazole rings is 1. The smallest absolute Gasteiger partial charge is 0.347 e. The van der Waals surface area contributed by atoms with E-state index in [1.807, 2.05) is 37.3 Å². The van der Waals surface area contributed by atoms with Crippen molar-refractivity contribution in [3.8, 4) is 28.5 Å². The van der Waals surface area contributed by atoms with Crippen molar-refractivity contribution in [3.63, 3.8) is 0 Å². The molecular formula is C22H18N2O5. The standard InChI is InChI=1S/C22H18N2O5/c1-3-14-18(24-20(26)17(19(14)25)22(27)28-2)13-9-10-15-16(11-13)29-21(23-15)12-7-5-4-6-8-12/h4-11H,3H2,1-2H3,(H2,24,25,26). The molecule has 0 bridgehead atoms. The number of fused-ring (bicyclic) bond motifs is 1. The number of esters is 1. The molecule has 0 unspecified atom stereocenters. The molecule has 7 nitrogen and oxygen atoms in total. The van der Waals surface area contributed by atoms with Gasteiger partial charge in [0.05, 0.1) is 12.8 Å². The van der Waals surface area contributed by atoms with Crippen molar-refractivity contribution in [2.45, 2.75) is 13.3 Å². The zero-order valence-corrected chi connectivity index (χ0v) is 15.9. The Morgan fingerprint density at radius 3 is 2.62 bits per heavy atom. The minimum Gasteiger partial charge on any atom is -0.506 e. The van der Waals surface area contributed by atoms with Crippen LogP contribution in [0.5, 0.6) is 5.75 Å². The molecule has 146 valence electrons. The van der Waals surface area contributed by atoms with Gasteiger partial charge >= 0.3 is 5.97 Å². The van der Waals surface area contributed by atoms with Crippen molar-refractivity contribution in [1.29, 1.82) is 0 Å². The van der Waals surface area contributed by atoms with E-state index < -0.39 is 17.1 Å². The Hall–Kier alpha value is -3.87. The largest absolute Gasteiger partial charge is 0.506 e. The SMILES string of the molecule is CCc1c(-c2ccc3nc(-c4ccccc4)oc3c2)[nH]c(=O)c(C(=O)OC)c1O. The molecule has 0 radical (unpaired) electrons. The Balaban J connectivity index is 1.86. The average molecular weight is 390 g/mol. The summed E-state index contributed by atoms with van der Waals surface area (Å²) in [7, 11) is 1.16. The lowest BCUT2D eigenvalue weighted by Crippen LogP contribution is -2.21. The van der Waals surface area contributed by atoms with Crippen molar-refractivity contribution in [1.82, 2.24) is 9.97 Å². The van der Waals surface area contributed by atoms with Crippen molar-refractivity contribution < 1.29 is 19.1 Å². The topological polar surface area (TPSA) is 105 Å². The third kappa shape index (κ3) is 3.16. The fraction of sp³-hybridized carbons (Fsp3) is 0.136. The van der Waals surface area contributed by atoms with E-state index in [1.54, 1.807) is 18.2 Å².